The third-order valence-corrected chi connectivity index (χ3v) is 6.11. The van der Waals surface area contributed by atoms with Gasteiger partial charge in [0, 0.05) is 16.8 Å². The van der Waals surface area contributed by atoms with Gasteiger partial charge in [0.1, 0.15) is 12.4 Å². The minimum absolute atomic E-state index is 0.158. The Bertz CT molecular complexity index is 1220. The van der Waals surface area contributed by atoms with Crippen LogP contribution in [0.25, 0.3) is 0 Å². The quantitative estimate of drug-likeness (QED) is 0.369. The van der Waals surface area contributed by atoms with Gasteiger partial charge in [0.2, 0.25) is 0 Å². The van der Waals surface area contributed by atoms with Crippen LogP contribution in [0.1, 0.15) is 31.9 Å². The van der Waals surface area contributed by atoms with Gasteiger partial charge in [-0.25, -0.2) is 0 Å². The summed E-state index contributed by atoms with van der Waals surface area (Å²) in [5.41, 5.74) is 5.00. The highest BCUT2D eigenvalue weighted by Crippen LogP contribution is 2.24. The van der Waals surface area contributed by atoms with Crippen molar-refractivity contribution in [1.29, 1.82) is 0 Å². The van der Waals surface area contributed by atoms with Gasteiger partial charge in [-0.05, 0) is 60.2 Å². The van der Waals surface area contributed by atoms with Crippen molar-refractivity contribution >= 4 is 34.5 Å². The number of anilines is 1. The molecule has 1 N–H and O–H groups in total. The number of benzene rings is 2. The Hall–Kier alpha value is -3.09. The first-order valence-electron chi connectivity index (χ1n) is 9.82. The molecule has 2 aromatic carbocycles. The minimum atomic E-state index is -0.158. The monoisotopic (exact) mass is 451 g/mol. The molecule has 1 amide bonds. The third-order valence-electron chi connectivity index (χ3n) is 4.89. The number of hydrogen-bond acceptors (Lipinski definition) is 4. The summed E-state index contributed by atoms with van der Waals surface area (Å²) in [5, 5.41) is 9.89. The zero-order valence-electron chi connectivity index (χ0n) is 17.3. The average molecular weight is 452 g/mol. The third kappa shape index (κ3) is 5.34. The van der Waals surface area contributed by atoms with E-state index >= 15 is 0 Å². The molecule has 0 spiro atoms. The predicted octanol–water partition coefficient (Wildman–Crippen LogP) is 6.09. The molecule has 4 rings (SSSR count). The number of thiophene rings is 1. The summed E-state index contributed by atoms with van der Waals surface area (Å²) in [6, 6.07) is 15.6. The number of carbonyl (C=O) groups is 1. The standard InChI is InChI=1S/C24H22ClN3O2S/c1-16-5-3-4-6-19(16)12-28-13-21(11-26-28)27-24(29)23-10-18(15-31-23)14-30-22-8-7-20(25)9-17(22)2/h3-11,13,15H,12,14H2,1-2H3,(H,27,29). The molecule has 4 aromatic rings. The number of carbonyl (C=O) groups excluding carboxylic acids is 1. The van der Waals surface area contributed by atoms with E-state index in [4.69, 9.17) is 16.3 Å². The van der Waals surface area contributed by atoms with Gasteiger partial charge in [0.25, 0.3) is 5.91 Å². The number of halogens is 1. The molecule has 0 atom stereocenters. The largest absolute Gasteiger partial charge is 0.489 e. The van der Waals surface area contributed by atoms with Crippen LogP contribution in [0.4, 0.5) is 5.69 Å². The van der Waals surface area contributed by atoms with Crippen molar-refractivity contribution in [3.63, 3.8) is 0 Å². The van der Waals surface area contributed by atoms with Crippen LogP contribution < -0.4 is 10.1 Å². The van der Waals surface area contributed by atoms with Crippen LogP contribution in [-0.2, 0) is 13.2 Å². The van der Waals surface area contributed by atoms with Crippen molar-refractivity contribution in [2.45, 2.75) is 27.0 Å². The number of nitrogens with zero attached hydrogens (tertiary/aromatic N) is 2. The summed E-state index contributed by atoms with van der Waals surface area (Å²) in [5.74, 6) is 0.622. The Kier molecular flexibility index (Phi) is 6.39. The molecule has 31 heavy (non-hydrogen) atoms. The van der Waals surface area contributed by atoms with Crippen LogP contribution in [0.5, 0.6) is 5.75 Å². The Morgan fingerprint density at radius 1 is 1.16 bits per heavy atom. The lowest BCUT2D eigenvalue weighted by Crippen LogP contribution is -2.09. The first-order valence-corrected chi connectivity index (χ1v) is 11.1. The van der Waals surface area contributed by atoms with Crippen molar-refractivity contribution in [2.24, 2.45) is 0 Å². The van der Waals surface area contributed by atoms with Crippen molar-refractivity contribution in [3.05, 3.63) is 98.5 Å². The maximum Gasteiger partial charge on any atom is 0.265 e. The van der Waals surface area contributed by atoms with Gasteiger partial charge < -0.3 is 10.1 Å². The second-order valence-electron chi connectivity index (χ2n) is 7.32. The van der Waals surface area contributed by atoms with E-state index in [1.54, 1.807) is 12.3 Å². The molecule has 0 saturated carbocycles. The van der Waals surface area contributed by atoms with Crippen molar-refractivity contribution in [1.82, 2.24) is 9.78 Å². The van der Waals surface area contributed by atoms with Gasteiger partial charge in [-0.1, -0.05) is 35.9 Å². The number of nitrogens with one attached hydrogen (secondary N) is 1. The second-order valence-corrected chi connectivity index (χ2v) is 8.67. The molecule has 0 aliphatic carbocycles. The lowest BCUT2D eigenvalue weighted by Gasteiger charge is -2.08. The summed E-state index contributed by atoms with van der Waals surface area (Å²) in [6.07, 6.45) is 3.50. The molecule has 0 saturated heterocycles. The topological polar surface area (TPSA) is 56.2 Å². The highest BCUT2D eigenvalue weighted by Gasteiger charge is 2.12. The van der Waals surface area contributed by atoms with Gasteiger partial charge in [-0.3, -0.25) is 9.48 Å². The Balaban J connectivity index is 1.35. The average Bonchev–Trinajstić information content (AvgIpc) is 3.39. The Morgan fingerprint density at radius 3 is 2.81 bits per heavy atom. The number of rotatable bonds is 7. The number of aromatic nitrogens is 2. The lowest BCUT2D eigenvalue weighted by atomic mass is 10.1. The van der Waals surface area contributed by atoms with E-state index in [0.29, 0.717) is 28.7 Å². The number of amides is 1. The van der Waals surface area contributed by atoms with E-state index in [2.05, 4.69) is 29.5 Å². The van der Waals surface area contributed by atoms with E-state index in [1.807, 2.05) is 53.5 Å². The van der Waals surface area contributed by atoms with E-state index in [1.165, 1.54) is 22.5 Å². The maximum absolute atomic E-state index is 12.6. The number of hydrogen-bond donors (Lipinski definition) is 1. The summed E-state index contributed by atoms with van der Waals surface area (Å²) >= 11 is 7.37. The lowest BCUT2D eigenvalue weighted by molar-refractivity contribution is 0.103. The summed E-state index contributed by atoms with van der Waals surface area (Å²) < 4.78 is 7.68. The smallest absolute Gasteiger partial charge is 0.265 e. The Labute approximate surface area is 190 Å². The SMILES string of the molecule is Cc1ccccc1Cn1cc(NC(=O)c2cc(COc3ccc(Cl)cc3C)cs2)cn1. The molecule has 0 fully saturated rings. The molecule has 0 bridgehead atoms. The van der Waals surface area contributed by atoms with Crippen molar-refractivity contribution < 1.29 is 9.53 Å². The van der Waals surface area contributed by atoms with E-state index in [0.717, 1.165) is 16.9 Å². The molecule has 158 valence electrons. The predicted molar refractivity (Wildman–Crippen MR) is 125 cm³/mol. The van der Waals surface area contributed by atoms with Gasteiger partial charge in [-0.2, -0.15) is 5.10 Å². The zero-order valence-corrected chi connectivity index (χ0v) is 18.8. The van der Waals surface area contributed by atoms with Gasteiger partial charge in [0.05, 0.1) is 23.3 Å². The first-order chi connectivity index (χ1) is 15.0. The number of aryl methyl sites for hydroxylation is 2. The van der Waals surface area contributed by atoms with Gasteiger partial charge >= 0.3 is 0 Å². The van der Waals surface area contributed by atoms with E-state index < -0.39 is 0 Å². The first kappa shape index (κ1) is 21.2. The molecular formula is C24H22ClN3O2S. The molecule has 0 aliphatic rings. The Morgan fingerprint density at radius 2 is 2.00 bits per heavy atom. The van der Waals surface area contributed by atoms with Crippen LogP contribution >= 0.6 is 22.9 Å². The molecule has 7 heteroatoms. The second kappa shape index (κ2) is 9.37. The minimum Gasteiger partial charge on any atom is -0.489 e. The molecule has 5 nitrogen and oxygen atoms in total. The molecule has 0 radical (unpaired) electrons. The van der Waals surface area contributed by atoms with Crippen LogP contribution in [0, 0.1) is 13.8 Å². The number of ether oxygens (including phenoxy) is 1. The molecule has 2 heterocycles. The van der Waals surface area contributed by atoms with Crippen LogP contribution in [0.2, 0.25) is 5.02 Å². The fourth-order valence-corrected chi connectivity index (χ4v) is 4.19. The van der Waals surface area contributed by atoms with Gasteiger partial charge in [-0.15, -0.1) is 11.3 Å². The molecular weight excluding hydrogens is 430 g/mol. The molecule has 0 aliphatic heterocycles. The van der Waals surface area contributed by atoms with Crippen molar-refractivity contribution in [3.8, 4) is 5.75 Å². The van der Waals surface area contributed by atoms with Crippen LogP contribution in [0.15, 0.2) is 66.3 Å². The van der Waals surface area contributed by atoms with Crippen LogP contribution in [0.3, 0.4) is 0 Å². The maximum atomic E-state index is 12.6. The highest BCUT2D eigenvalue weighted by molar-refractivity contribution is 7.12. The normalized spacial score (nSPS) is 10.8. The zero-order chi connectivity index (χ0) is 21.8. The summed E-state index contributed by atoms with van der Waals surface area (Å²) in [4.78, 5) is 13.2. The van der Waals surface area contributed by atoms with E-state index in [9.17, 15) is 4.79 Å². The molecule has 0 unspecified atom stereocenters. The van der Waals surface area contributed by atoms with E-state index in [-0.39, 0.29) is 5.91 Å². The van der Waals surface area contributed by atoms with Crippen LogP contribution in [-0.4, -0.2) is 15.7 Å². The fraction of sp³-hybridized carbons (Fsp3) is 0.167. The summed E-state index contributed by atoms with van der Waals surface area (Å²) in [7, 11) is 0. The van der Waals surface area contributed by atoms with Crippen molar-refractivity contribution in [2.75, 3.05) is 5.32 Å². The fourth-order valence-electron chi connectivity index (χ4n) is 3.18. The van der Waals surface area contributed by atoms with Gasteiger partial charge in [0.15, 0.2) is 0 Å². The summed E-state index contributed by atoms with van der Waals surface area (Å²) in [6.45, 7) is 5.08. The molecule has 2 aromatic heterocycles. The highest BCUT2D eigenvalue weighted by atomic mass is 35.5.